The fraction of sp³-hybridized carbons (Fsp3) is 0.917. The number of ether oxygens (including phenoxy) is 1. The topological polar surface area (TPSA) is 53.6 Å². The van der Waals surface area contributed by atoms with Gasteiger partial charge >= 0.3 is 0 Å². The number of hydrogen-bond acceptors (Lipinski definition) is 4. The minimum Gasteiger partial charge on any atom is -0.383 e. The van der Waals surface area contributed by atoms with Gasteiger partial charge in [0.25, 0.3) is 0 Å². The lowest BCUT2D eigenvalue weighted by atomic mass is 10.2. The van der Waals surface area contributed by atoms with E-state index in [0.717, 1.165) is 13.0 Å². The van der Waals surface area contributed by atoms with Crippen molar-refractivity contribution in [2.24, 2.45) is 0 Å². The van der Waals surface area contributed by atoms with Gasteiger partial charge in [-0.15, -0.1) is 0 Å². The number of carbonyl (C=O) groups is 1. The summed E-state index contributed by atoms with van der Waals surface area (Å²) < 4.78 is 4.95. The predicted molar refractivity (Wildman–Crippen MR) is 70.1 cm³/mol. The first-order valence-corrected chi connectivity index (χ1v) is 6.12. The molecule has 102 valence electrons. The van der Waals surface area contributed by atoms with Crippen molar-refractivity contribution < 1.29 is 9.53 Å². The monoisotopic (exact) mass is 245 g/mol. The van der Waals surface area contributed by atoms with Crippen molar-refractivity contribution in [3.63, 3.8) is 0 Å². The van der Waals surface area contributed by atoms with Crippen LogP contribution in [0.15, 0.2) is 0 Å². The van der Waals surface area contributed by atoms with E-state index in [1.165, 1.54) is 0 Å². The van der Waals surface area contributed by atoms with E-state index in [1.54, 1.807) is 7.11 Å². The second-order valence-electron chi connectivity index (χ2n) is 4.80. The molecule has 0 heterocycles. The second kappa shape index (κ2) is 9.39. The smallest absolute Gasteiger partial charge is 0.234 e. The zero-order valence-corrected chi connectivity index (χ0v) is 11.7. The number of nitrogens with one attached hydrogen (secondary N) is 2. The minimum atomic E-state index is 0.0197. The first-order valence-electron chi connectivity index (χ1n) is 6.12. The van der Waals surface area contributed by atoms with Gasteiger partial charge in [0.1, 0.15) is 0 Å². The Bertz CT molecular complexity index is 210. The molecule has 0 aliphatic rings. The summed E-state index contributed by atoms with van der Waals surface area (Å²) in [5, 5.41) is 6.07. The maximum atomic E-state index is 11.5. The molecule has 0 aromatic heterocycles. The highest BCUT2D eigenvalue weighted by Gasteiger charge is 2.08. The summed E-state index contributed by atoms with van der Waals surface area (Å²) >= 11 is 0. The van der Waals surface area contributed by atoms with Crippen LogP contribution in [0.2, 0.25) is 0 Å². The van der Waals surface area contributed by atoms with E-state index in [4.69, 9.17) is 4.74 Å². The van der Waals surface area contributed by atoms with Crippen LogP contribution in [-0.2, 0) is 9.53 Å². The third-order valence-corrected chi connectivity index (χ3v) is 2.44. The van der Waals surface area contributed by atoms with E-state index < -0.39 is 0 Å². The zero-order valence-electron chi connectivity index (χ0n) is 11.7. The van der Waals surface area contributed by atoms with Crippen LogP contribution in [0.1, 0.15) is 20.3 Å². The van der Waals surface area contributed by atoms with Crippen molar-refractivity contribution in [3.05, 3.63) is 0 Å². The van der Waals surface area contributed by atoms with Gasteiger partial charge in [0.15, 0.2) is 0 Å². The molecule has 0 bridgehead atoms. The van der Waals surface area contributed by atoms with Crippen LogP contribution in [0.25, 0.3) is 0 Å². The Labute approximate surface area is 105 Å². The highest BCUT2D eigenvalue weighted by atomic mass is 16.5. The standard InChI is InChI=1S/C12H27N3O2/c1-10(6-7-15(3)4)13-8-12(16)14-11(2)9-17-5/h10-11,13H,6-9H2,1-5H3,(H,14,16). The normalized spacial score (nSPS) is 14.7. The largest absolute Gasteiger partial charge is 0.383 e. The summed E-state index contributed by atoms with van der Waals surface area (Å²) in [5.74, 6) is 0.0197. The molecule has 0 spiro atoms. The van der Waals surface area contributed by atoms with Crippen molar-refractivity contribution in [1.82, 2.24) is 15.5 Å². The van der Waals surface area contributed by atoms with Gasteiger partial charge in [-0.2, -0.15) is 0 Å². The average molecular weight is 245 g/mol. The van der Waals surface area contributed by atoms with Crippen LogP contribution in [0, 0.1) is 0 Å². The summed E-state index contributed by atoms with van der Waals surface area (Å²) in [4.78, 5) is 13.7. The van der Waals surface area contributed by atoms with Gasteiger partial charge in [0.05, 0.1) is 13.2 Å². The van der Waals surface area contributed by atoms with Crippen LogP contribution in [0.4, 0.5) is 0 Å². The Kier molecular flexibility index (Phi) is 9.03. The summed E-state index contributed by atoms with van der Waals surface area (Å²) in [6.45, 7) is 5.95. The van der Waals surface area contributed by atoms with Crippen molar-refractivity contribution in [1.29, 1.82) is 0 Å². The summed E-state index contributed by atoms with van der Waals surface area (Å²) in [6, 6.07) is 0.410. The Balaban J connectivity index is 3.61. The third kappa shape index (κ3) is 10.2. The molecule has 0 aromatic rings. The zero-order chi connectivity index (χ0) is 13.3. The molecule has 0 aliphatic heterocycles. The van der Waals surface area contributed by atoms with Crippen LogP contribution >= 0.6 is 0 Å². The molecule has 0 saturated heterocycles. The van der Waals surface area contributed by atoms with E-state index in [1.807, 2.05) is 21.0 Å². The number of hydrogen-bond donors (Lipinski definition) is 2. The molecule has 0 saturated carbocycles. The molecular formula is C12H27N3O2. The number of amides is 1. The van der Waals surface area contributed by atoms with Gasteiger partial charge in [0, 0.05) is 19.2 Å². The van der Waals surface area contributed by atoms with E-state index >= 15 is 0 Å². The van der Waals surface area contributed by atoms with E-state index in [9.17, 15) is 4.79 Å². The van der Waals surface area contributed by atoms with E-state index in [0.29, 0.717) is 19.2 Å². The Morgan fingerprint density at radius 1 is 1.29 bits per heavy atom. The first kappa shape index (κ1) is 16.4. The molecule has 2 N–H and O–H groups in total. The van der Waals surface area contributed by atoms with Gasteiger partial charge < -0.3 is 20.3 Å². The maximum Gasteiger partial charge on any atom is 0.234 e. The van der Waals surface area contributed by atoms with E-state index in [2.05, 4.69) is 22.5 Å². The van der Waals surface area contributed by atoms with Gasteiger partial charge in [0.2, 0.25) is 5.91 Å². The van der Waals surface area contributed by atoms with E-state index in [-0.39, 0.29) is 11.9 Å². The fourth-order valence-electron chi connectivity index (χ4n) is 1.44. The molecule has 1 amide bonds. The molecule has 17 heavy (non-hydrogen) atoms. The quantitative estimate of drug-likeness (QED) is 0.603. The van der Waals surface area contributed by atoms with Crippen molar-refractivity contribution >= 4 is 5.91 Å². The molecule has 2 unspecified atom stereocenters. The van der Waals surface area contributed by atoms with Crippen molar-refractivity contribution in [2.45, 2.75) is 32.4 Å². The van der Waals surface area contributed by atoms with Crippen LogP contribution in [0.3, 0.4) is 0 Å². The predicted octanol–water partition coefficient (Wildman–Crippen LogP) is 0.0673. The highest BCUT2D eigenvalue weighted by Crippen LogP contribution is 1.91. The Morgan fingerprint density at radius 3 is 2.47 bits per heavy atom. The lowest BCUT2D eigenvalue weighted by Crippen LogP contribution is -2.43. The van der Waals surface area contributed by atoms with Crippen LogP contribution in [0.5, 0.6) is 0 Å². The summed E-state index contributed by atoms with van der Waals surface area (Å²) in [6.07, 6.45) is 1.04. The van der Waals surface area contributed by atoms with Gasteiger partial charge in [-0.05, 0) is 40.9 Å². The van der Waals surface area contributed by atoms with Gasteiger partial charge in [-0.3, -0.25) is 4.79 Å². The SMILES string of the molecule is COCC(C)NC(=O)CNC(C)CCN(C)C. The molecular weight excluding hydrogens is 218 g/mol. The van der Waals surface area contributed by atoms with Crippen LogP contribution in [-0.4, -0.2) is 63.8 Å². The van der Waals surface area contributed by atoms with Crippen molar-refractivity contribution in [3.8, 4) is 0 Å². The molecule has 0 rings (SSSR count). The number of carbonyl (C=O) groups excluding carboxylic acids is 1. The van der Waals surface area contributed by atoms with Gasteiger partial charge in [-0.25, -0.2) is 0 Å². The Hall–Kier alpha value is -0.650. The molecule has 0 fully saturated rings. The molecule has 5 nitrogen and oxygen atoms in total. The number of methoxy groups -OCH3 is 1. The molecule has 5 heteroatoms. The molecule has 2 atom stereocenters. The molecule has 0 aliphatic carbocycles. The second-order valence-corrected chi connectivity index (χ2v) is 4.80. The van der Waals surface area contributed by atoms with Crippen LogP contribution < -0.4 is 10.6 Å². The fourth-order valence-corrected chi connectivity index (χ4v) is 1.44. The molecule has 0 aromatic carbocycles. The lowest BCUT2D eigenvalue weighted by Gasteiger charge is -2.17. The minimum absolute atomic E-state index is 0.0197. The average Bonchev–Trinajstić information content (AvgIpc) is 2.23. The number of rotatable bonds is 9. The molecule has 0 radical (unpaired) electrons. The lowest BCUT2D eigenvalue weighted by molar-refractivity contribution is -0.121. The van der Waals surface area contributed by atoms with Gasteiger partial charge in [-0.1, -0.05) is 0 Å². The first-order chi connectivity index (χ1) is 7.95. The third-order valence-electron chi connectivity index (χ3n) is 2.44. The summed E-state index contributed by atoms with van der Waals surface area (Å²) in [5.41, 5.74) is 0. The summed E-state index contributed by atoms with van der Waals surface area (Å²) in [7, 11) is 5.72. The number of nitrogens with zero attached hydrogens (tertiary/aromatic N) is 1. The highest BCUT2D eigenvalue weighted by molar-refractivity contribution is 5.78. The maximum absolute atomic E-state index is 11.5. The Morgan fingerprint density at radius 2 is 1.94 bits per heavy atom. The van der Waals surface area contributed by atoms with Crippen molar-refractivity contribution in [2.75, 3.05) is 40.9 Å².